The molecule has 0 saturated heterocycles. The molecule has 112 valence electrons. The first kappa shape index (κ1) is 14.0. The van der Waals surface area contributed by atoms with Gasteiger partial charge in [0, 0.05) is 5.39 Å². The van der Waals surface area contributed by atoms with Crippen LogP contribution in [0.3, 0.4) is 0 Å². The number of nitroso groups, excluding NO2 is 1. The molecular weight excluding hydrogens is 289 g/mol. The molecule has 0 aliphatic carbocycles. The molecule has 0 amide bonds. The number of rotatable bonds is 4. The number of benzene rings is 2. The predicted octanol–water partition coefficient (Wildman–Crippen LogP) is 3.73. The van der Waals surface area contributed by atoms with Crippen molar-refractivity contribution in [3.05, 3.63) is 58.8 Å². The Morgan fingerprint density at radius 2 is 2.05 bits per heavy atom. The summed E-state index contributed by atoms with van der Waals surface area (Å²) in [5.41, 5.74) is 3.61. The Balaban J connectivity index is 2.14. The van der Waals surface area contributed by atoms with Gasteiger partial charge < -0.3 is 9.67 Å². The highest BCUT2D eigenvalue weighted by atomic mass is 19.1. The maximum atomic E-state index is 13.3. The average Bonchev–Trinajstić information content (AvgIpc) is 2.78. The van der Waals surface area contributed by atoms with Crippen LogP contribution in [0.4, 0.5) is 15.8 Å². The zero-order valence-corrected chi connectivity index (χ0v) is 11.3. The second-order valence-electron chi connectivity index (χ2n) is 4.82. The van der Waals surface area contributed by atoms with Crippen LogP contribution in [0.1, 0.15) is 5.56 Å². The third kappa shape index (κ3) is 2.27. The largest absolute Gasteiger partial charge is 0.493 e. The van der Waals surface area contributed by atoms with Crippen LogP contribution in [-0.4, -0.2) is 14.9 Å². The van der Waals surface area contributed by atoms with Gasteiger partial charge in [-0.1, -0.05) is 12.1 Å². The van der Waals surface area contributed by atoms with E-state index in [0.29, 0.717) is 11.2 Å². The van der Waals surface area contributed by atoms with Crippen LogP contribution in [0.5, 0.6) is 5.88 Å². The Morgan fingerprint density at radius 3 is 2.77 bits per heavy atom. The molecule has 1 heterocycles. The van der Waals surface area contributed by atoms with E-state index < -0.39 is 5.82 Å². The van der Waals surface area contributed by atoms with Gasteiger partial charge >= 0.3 is 0 Å². The first-order valence-electron chi connectivity index (χ1n) is 6.47. The highest BCUT2D eigenvalue weighted by Gasteiger charge is 2.18. The summed E-state index contributed by atoms with van der Waals surface area (Å²) in [5, 5.41) is 22.1. The molecule has 0 aliphatic rings. The van der Waals surface area contributed by atoms with Crippen LogP contribution in [0.15, 0.2) is 47.6 Å². The van der Waals surface area contributed by atoms with E-state index in [9.17, 15) is 14.4 Å². The van der Waals surface area contributed by atoms with Crippen LogP contribution < -0.4 is 5.48 Å². The number of nitrogens with zero attached hydrogens (tertiary/aromatic N) is 2. The second-order valence-corrected chi connectivity index (χ2v) is 4.82. The fraction of sp³-hybridized carbons (Fsp3) is 0.0667. The van der Waals surface area contributed by atoms with E-state index in [1.54, 1.807) is 24.3 Å². The van der Waals surface area contributed by atoms with Crippen molar-refractivity contribution in [1.82, 2.24) is 4.57 Å². The lowest BCUT2D eigenvalue weighted by Gasteiger charge is -2.08. The molecule has 0 aliphatic heterocycles. The minimum Gasteiger partial charge on any atom is -0.493 e. The van der Waals surface area contributed by atoms with Gasteiger partial charge in [-0.2, -0.15) is 0 Å². The third-order valence-electron chi connectivity index (χ3n) is 3.46. The number of hydrogen-bond acceptors (Lipinski definition) is 5. The molecule has 0 fully saturated rings. The molecule has 0 bridgehead atoms. The SMILES string of the molecule is O=Nc1c(O)n(Cc2cccc(NO)c2)c2ccc(F)cc12. The summed E-state index contributed by atoms with van der Waals surface area (Å²) >= 11 is 0. The van der Waals surface area contributed by atoms with Gasteiger partial charge in [0.05, 0.1) is 17.7 Å². The Morgan fingerprint density at radius 1 is 1.23 bits per heavy atom. The van der Waals surface area contributed by atoms with E-state index >= 15 is 0 Å². The van der Waals surface area contributed by atoms with E-state index in [0.717, 1.165) is 11.6 Å². The molecule has 7 heteroatoms. The summed E-state index contributed by atoms with van der Waals surface area (Å²) in [4.78, 5) is 10.9. The number of aromatic nitrogens is 1. The van der Waals surface area contributed by atoms with Crippen molar-refractivity contribution in [1.29, 1.82) is 0 Å². The first-order valence-corrected chi connectivity index (χ1v) is 6.47. The lowest BCUT2D eigenvalue weighted by molar-refractivity contribution is 0.389. The van der Waals surface area contributed by atoms with Crippen molar-refractivity contribution in [2.45, 2.75) is 6.54 Å². The molecule has 0 unspecified atom stereocenters. The fourth-order valence-corrected chi connectivity index (χ4v) is 2.47. The Hall–Kier alpha value is -2.93. The predicted molar refractivity (Wildman–Crippen MR) is 80.0 cm³/mol. The second kappa shape index (κ2) is 5.45. The normalized spacial score (nSPS) is 10.8. The summed E-state index contributed by atoms with van der Waals surface area (Å²) in [6.07, 6.45) is 0. The van der Waals surface area contributed by atoms with Crippen molar-refractivity contribution < 1.29 is 14.7 Å². The Labute approximate surface area is 124 Å². The van der Waals surface area contributed by atoms with E-state index in [1.165, 1.54) is 16.7 Å². The molecular formula is C15H12FN3O3. The number of hydrogen-bond donors (Lipinski definition) is 3. The molecule has 3 N–H and O–H groups in total. The van der Waals surface area contributed by atoms with Gasteiger partial charge in [-0.25, -0.2) is 4.39 Å². The smallest absolute Gasteiger partial charge is 0.222 e. The molecule has 1 aromatic heterocycles. The Bertz CT molecular complexity index is 861. The fourth-order valence-electron chi connectivity index (χ4n) is 2.47. The summed E-state index contributed by atoms with van der Waals surface area (Å²) in [5.74, 6) is -0.834. The molecule has 22 heavy (non-hydrogen) atoms. The Kier molecular flexibility index (Phi) is 3.48. The highest BCUT2D eigenvalue weighted by Crippen LogP contribution is 2.39. The van der Waals surface area contributed by atoms with Crippen molar-refractivity contribution in [3.63, 3.8) is 0 Å². The zero-order chi connectivity index (χ0) is 15.7. The van der Waals surface area contributed by atoms with Crippen LogP contribution in [0.2, 0.25) is 0 Å². The topological polar surface area (TPSA) is 86.8 Å². The van der Waals surface area contributed by atoms with Crippen molar-refractivity contribution in [2.24, 2.45) is 5.18 Å². The summed E-state index contributed by atoms with van der Waals surface area (Å²) in [6.45, 7) is 0.235. The average molecular weight is 301 g/mol. The van der Waals surface area contributed by atoms with E-state index in [-0.39, 0.29) is 23.5 Å². The number of fused-ring (bicyclic) bond motifs is 1. The lowest BCUT2D eigenvalue weighted by atomic mass is 10.2. The number of nitrogens with one attached hydrogen (secondary N) is 1. The van der Waals surface area contributed by atoms with Crippen LogP contribution >= 0.6 is 0 Å². The van der Waals surface area contributed by atoms with Crippen LogP contribution in [0.25, 0.3) is 10.9 Å². The van der Waals surface area contributed by atoms with Crippen molar-refractivity contribution >= 4 is 22.3 Å². The van der Waals surface area contributed by atoms with Gasteiger partial charge in [0.15, 0.2) is 5.69 Å². The highest BCUT2D eigenvalue weighted by molar-refractivity contribution is 5.95. The molecule has 0 atom stereocenters. The maximum absolute atomic E-state index is 13.3. The lowest BCUT2D eigenvalue weighted by Crippen LogP contribution is -2.00. The van der Waals surface area contributed by atoms with Gasteiger partial charge in [-0.15, -0.1) is 4.91 Å². The van der Waals surface area contributed by atoms with Gasteiger partial charge in [0.2, 0.25) is 5.88 Å². The summed E-state index contributed by atoms with van der Waals surface area (Å²) in [7, 11) is 0. The molecule has 0 radical (unpaired) electrons. The third-order valence-corrected chi connectivity index (χ3v) is 3.46. The van der Waals surface area contributed by atoms with Gasteiger partial charge in [-0.3, -0.25) is 10.7 Å². The zero-order valence-electron chi connectivity index (χ0n) is 11.3. The van der Waals surface area contributed by atoms with Gasteiger partial charge in [0.25, 0.3) is 0 Å². The van der Waals surface area contributed by atoms with Crippen molar-refractivity contribution in [2.75, 3.05) is 5.48 Å². The van der Waals surface area contributed by atoms with Crippen molar-refractivity contribution in [3.8, 4) is 5.88 Å². The molecule has 3 aromatic rings. The minimum atomic E-state index is -0.513. The van der Waals surface area contributed by atoms with E-state index in [4.69, 9.17) is 5.21 Å². The van der Waals surface area contributed by atoms with E-state index in [1.807, 2.05) is 5.48 Å². The summed E-state index contributed by atoms with van der Waals surface area (Å²) < 4.78 is 14.8. The van der Waals surface area contributed by atoms with E-state index in [2.05, 4.69) is 5.18 Å². The molecule has 6 nitrogen and oxygen atoms in total. The molecule has 0 saturated carbocycles. The number of halogens is 1. The maximum Gasteiger partial charge on any atom is 0.222 e. The number of anilines is 1. The summed E-state index contributed by atoms with van der Waals surface area (Å²) in [6, 6.07) is 10.8. The molecule has 3 rings (SSSR count). The quantitative estimate of drug-likeness (QED) is 0.506. The molecule has 0 spiro atoms. The number of aromatic hydroxyl groups is 1. The first-order chi connectivity index (χ1) is 10.6. The monoisotopic (exact) mass is 301 g/mol. The minimum absolute atomic E-state index is 0.189. The van der Waals surface area contributed by atoms with Crippen LogP contribution in [0, 0.1) is 10.7 Å². The van der Waals surface area contributed by atoms with Gasteiger partial charge in [-0.05, 0) is 41.1 Å². The van der Waals surface area contributed by atoms with Gasteiger partial charge in [0.1, 0.15) is 5.82 Å². The standard InChI is InChI=1S/C15H12FN3O3/c16-10-4-5-13-12(7-10)14(18-22)15(20)19(13)8-9-2-1-3-11(6-9)17-21/h1-7,17,20-21H,8H2. The van der Waals surface area contributed by atoms with Crippen LogP contribution in [-0.2, 0) is 6.54 Å². The molecule has 2 aromatic carbocycles.